The quantitative estimate of drug-likeness (QED) is 0.528. The van der Waals surface area contributed by atoms with Crippen LogP contribution in [0.1, 0.15) is 30.5 Å². The van der Waals surface area contributed by atoms with Crippen molar-refractivity contribution in [2.75, 3.05) is 25.4 Å². The highest BCUT2D eigenvalue weighted by Crippen LogP contribution is 2.33. The second-order valence-corrected chi connectivity index (χ2v) is 7.55. The van der Waals surface area contributed by atoms with E-state index in [1.54, 1.807) is 18.1 Å². The molecule has 3 aromatic heterocycles. The van der Waals surface area contributed by atoms with Gasteiger partial charge in [0.2, 0.25) is 5.71 Å². The van der Waals surface area contributed by atoms with E-state index in [4.69, 9.17) is 4.42 Å². The van der Waals surface area contributed by atoms with E-state index in [1.807, 2.05) is 6.92 Å². The molecule has 0 aliphatic carbocycles. The smallest absolute Gasteiger partial charge is 0.229 e. The van der Waals surface area contributed by atoms with Gasteiger partial charge in [0, 0.05) is 18.0 Å². The van der Waals surface area contributed by atoms with Crippen LogP contribution in [0.2, 0.25) is 0 Å². The summed E-state index contributed by atoms with van der Waals surface area (Å²) in [5.74, 6) is 1.02. The first kappa shape index (κ1) is 15.8. The number of hydrogen-bond acceptors (Lipinski definition) is 6. The van der Waals surface area contributed by atoms with Gasteiger partial charge in [0.15, 0.2) is 5.58 Å². The number of aromatic nitrogens is 3. The Kier molecular flexibility index (Phi) is 4.41. The molecule has 4 heterocycles. The molecular formula is C18H22N4OS. The van der Waals surface area contributed by atoms with Gasteiger partial charge in [0.25, 0.3) is 0 Å². The molecule has 5 nitrogen and oxygen atoms in total. The van der Waals surface area contributed by atoms with Crippen molar-refractivity contribution in [1.29, 1.82) is 0 Å². The number of fused-ring (bicyclic) bond motifs is 3. The molecule has 0 atom stereocenters. The fraction of sp³-hybridized carbons (Fsp3) is 0.500. The Bertz CT molecular complexity index is 870. The van der Waals surface area contributed by atoms with Crippen LogP contribution in [-0.4, -0.2) is 45.2 Å². The molecule has 0 radical (unpaired) electrons. The number of thioether (sulfide) groups is 1. The van der Waals surface area contributed by atoms with Crippen molar-refractivity contribution >= 4 is 34.0 Å². The SMILES string of the molecule is Cc1cc(C)c2c(n1)oc1c(SCCN3CCCCC3)ncnc12. The number of pyridine rings is 1. The van der Waals surface area contributed by atoms with Crippen LogP contribution in [0.5, 0.6) is 0 Å². The van der Waals surface area contributed by atoms with Crippen molar-refractivity contribution < 1.29 is 4.42 Å². The minimum absolute atomic E-state index is 0.667. The van der Waals surface area contributed by atoms with Gasteiger partial charge in [-0.1, -0.05) is 6.42 Å². The minimum atomic E-state index is 0.667. The summed E-state index contributed by atoms with van der Waals surface area (Å²) in [6, 6.07) is 2.07. The molecule has 0 amide bonds. The molecular weight excluding hydrogens is 320 g/mol. The maximum Gasteiger partial charge on any atom is 0.229 e. The van der Waals surface area contributed by atoms with E-state index >= 15 is 0 Å². The van der Waals surface area contributed by atoms with Crippen molar-refractivity contribution in [3.63, 3.8) is 0 Å². The largest absolute Gasteiger partial charge is 0.433 e. The molecule has 0 bridgehead atoms. The third-order valence-electron chi connectivity index (χ3n) is 4.61. The van der Waals surface area contributed by atoms with Gasteiger partial charge in [-0.3, -0.25) is 0 Å². The summed E-state index contributed by atoms with van der Waals surface area (Å²) in [4.78, 5) is 16.0. The number of aryl methyl sites for hydroxylation is 2. The van der Waals surface area contributed by atoms with Crippen molar-refractivity contribution in [3.05, 3.63) is 23.7 Å². The van der Waals surface area contributed by atoms with Crippen LogP contribution < -0.4 is 0 Å². The molecule has 0 N–H and O–H groups in total. The number of nitrogens with zero attached hydrogens (tertiary/aromatic N) is 4. The lowest BCUT2D eigenvalue weighted by Crippen LogP contribution is -2.31. The van der Waals surface area contributed by atoms with Crippen molar-refractivity contribution in [2.45, 2.75) is 38.1 Å². The van der Waals surface area contributed by atoms with E-state index < -0.39 is 0 Å². The van der Waals surface area contributed by atoms with Crippen LogP contribution in [0.15, 0.2) is 21.8 Å². The van der Waals surface area contributed by atoms with Crippen molar-refractivity contribution in [1.82, 2.24) is 19.9 Å². The highest BCUT2D eigenvalue weighted by Gasteiger charge is 2.17. The van der Waals surface area contributed by atoms with Gasteiger partial charge < -0.3 is 9.32 Å². The topological polar surface area (TPSA) is 55.1 Å². The van der Waals surface area contributed by atoms with Gasteiger partial charge in [0.05, 0.1) is 5.39 Å². The van der Waals surface area contributed by atoms with E-state index in [1.165, 1.54) is 32.4 Å². The molecule has 126 valence electrons. The first-order chi connectivity index (χ1) is 11.7. The summed E-state index contributed by atoms with van der Waals surface area (Å²) in [7, 11) is 0. The van der Waals surface area contributed by atoms with E-state index in [2.05, 4.69) is 32.8 Å². The summed E-state index contributed by atoms with van der Waals surface area (Å²) in [5, 5.41) is 1.93. The average molecular weight is 342 g/mol. The molecule has 0 spiro atoms. The second-order valence-electron chi connectivity index (χ2n) is 6.47. The van der Waals surface area contributed by atoms with E-state index in [-0.39, 0.29) is 0 Å². The lowest BCUT2D eigenvalue weighted by Gasteiger charge is -2.25. The van der Waals surface area contributed by atoms with Crippen LogP contribution in [0.3, 0.4) is 0 Å². The van der Waals surface area contributed by atoms with Gasteiger partial charge in [-0.05, 0) is 51.4 Å². The number of likely N-dealkylation sites (tertiary alicyclic amines) is 1. The van der Waals surface area contributed by atoms with Gasteiger partial charge in [-0.15, -0.1) is 11.8 Å². The van der Waals surface area contributed by atoms with Gasteiger partial charge in [0.1, 0.15) is 16.9 Å². The fourth-order valence-corrected chi connectivity index (χ4v) is 4.38. The Labute approximate surface area is 145 Å². The Hall–Kier alpha value is -1.66. The van der Waals surface area contributed by atoms with E-state index in [0.29, 0.717) is 5.71 Å². The molecule has 1 saturated heterocycles. The third kappa shape index (κ3) is 3.00. The molecule has 1 aliphatic rings. The summed E-state index contributed by atoms with van der Waals surface area (Å²) < 4.78 is 6.02. The van der Waals surface area contributed by atoms with Gasteiger partial charge in [-0.2, -0.15) is 0 Å². The fourth-order valence-electron chi connectivity index (χ4n) is 3.45. The molecule has 1 aliphatic heterocycles. The van der Waals surface area contributed by atoms with Gasteiger partial charge >= 0.3 is 0 Å². The molecule has 4 rings (SSSR count). The molecule has 24 heavy (non-hydrogen) atoms. The normalized spacial score (nSPS) is 16.2. The van der Waals surface area contributed by atoms with Crippen LogP contribution in [0.4, 0.5) is 0 Å². The summed E-state index contributed by atoms with van der Waals surface area (Å²) in [5.41, 5.74) is 4.44. The molecule has 3 aromatic rings. The summed E-state index contributed by atoms with van der Waals surface area (Å²) in [6.45, 7) is 7.63. The van der Waals surface area contributed by atoms with Crippen LogP contribution in [-0.2, 0) is 0 Å². The zero-order valence-corrected chi connectivity index (χ0v) is 15.0. The maximum atomic E-state index is 6.02. The van der Waals surface area contributed by atoms with Crippen LogP contribution in [0.25, 0.3) is 22.2 Å². The lowest BCUT2D eigenvalue weighted by atomic mass is 10.1. The zero-order valence-electron chi connectivity index (χ0n) is 14.2. The van der Waals surface area contributed by atoms with E-state index in [0.717, 1.165) is 45.1 Å². The number of furan rings is 1. The second kappa shape index (κ2) is 6.69. The molecule has 1 fully saturated rings. The van der Waals surface area contributed by atoms with Crippen LogP contribution in [0, 0.1) is 13.8 Å². The Morgan fingerprint density at radius 2 is 2.00 bits per heavy atom. The highest BCUT2D eigenvalue weighted by molar-refractivity contribution is 7.99. The first-order valence-electron chi connectivity index (χ1n) is 8.59. The predicted octanol–water partition coefficient (Wildman–Crippen LogP) is 3.97. The molecule has 0 aromatic carbocycles. The Balaban J connectivity index is 1.60. The number of piperidine rings is 1. The number of hydrogen-bond donors (Lipinski definition) is 0. The third-order valence-corrected chi connectivity index (χ3v) is 5.56. The summed E-state index contributed by atoms with van der Waals surface area (Å²) >= 11 is 1.75. The van der Waals surface area contributed by atoms with Crippen molar-refractivity contribution in [3.8, 4) is 0 Å². The predicted molar refractivity (Wildman–Crippen MR) is 97.6 cm³/mol. The van der Waals surface area contributed by atoms with Gasteiger partial charge in [-0.25, -0.2) is 15.0 Å². The monoisotopic (exact) mass is 342 g/mol. The standard InChI is InChI=1S/C18H22N4OS/c1-12-10-13(2)21-17-14(12)15-16(23-17)18(20-11-19-15)24-9-8-22-6-4-3-5-7-22/h10-11H,3-9H2,1-2H3. The van der Waals surface area contributed by atoms with Crippen molar-refractivity contribution in [2.24, 2.45) is 0 Å². The van der Waals surface area contributed by atoms with E-state index in [9.17, 15) is 0 Å². The first-order valence-corrected chi connectivity index (χ1v) is 9.57. The Morgan fingerprint density at radius 3 is 2.83 bits per heavy atom. The highest BCUT2D eigenvalue weighted by atomic mass is 32.2. The molecule has 0 unspecified atom stereocenters. The molecule has 6 heteroatoms. The molecule has 0 saturated carbocycles. The zero-order chi connectivity index (χ0) is 16.5. The Morgan fingerprint density at radius 1 is 1.17 bits per heavy atom. The minimum Gasteiger partial charge on any atom is -0.433 e. The average Bonchev–Trinajstić information content (AvgIpc) is 2.95. The van der Waals surface area contributed by atoms with Crippen LogP contribution >= 0.6 is 11.8 Å². The lowest BCUT2D eigenvalue weighted by molar-refractivity contribution is 0.242. The maximum absolute atomic E-state index is 6.02. The summed E-state index contributed by atoms with van der Waals surface area (Å²) in [6.07, 6.45) is 5.67. The number of rotatable bonds is 4.